The molecule has 0 aliphatic heterocycles. The number of rotatable bonds is 3. The number of carboxylic acid groups (broad SMARTS) is 1. The van der Waals surface area contributed by atoms with Gasteiger partial charge in [-0.25, -0.2) is 4.79 Å². The molecule has 86 valence electrons. The number of hydrogen-bond donors (Lipinski definition) is 1. The van der Waals surface area contributed by atoms with Crippen LogP contribution in [-0.2, 0) is 4.79 Å². The van der Waals surface area contributed by atoms with Gasteiger partial charge in [0.05, 0.1) is 4.47 Å². The van der Waals surface area contributed by atoms with Crippen molar-refractivity contribution in [3.8, 4) is 5.75 Å². The molecule has 1 rings (SSSR count). The second-order valence-electron chi connectivity index (χ2n) is 3.05. The van der Waals surface area contributed by atoms with Crippen molar-refractivity contribution in [3.63, 3.8) is 0 Å². The summed E-state index contributed by atoms with van der Waals surface area (Å²) in [6, 6.07) is 6.82. The van der Waals surface area contributed by atoms with Crippen molar-refractivity contribution in [1.29, 1.82) is 0 Å². The highest BCUT2D eigenvalue weighted by molar-refractivity contribution is 9.10. The average molecular weight is 288 g/mol. The van der Waals surface area contributed by atoms with Crippen LogP contribution in [0.3, 0.4) is 0 Å². The molecule has 0 heterocycles. The summed E-state index contributed by atoms with van der Waals surface area (Å²) >= 11 is 3.21. The van der Waals surface area contributed by atoms with E-state index in [2.05, 4.69) is 15.9 Å². The maximum absolute atomic E-state index is 11.4. The van der Waals surface area contributed by atoms with Crippen molar-refractivity contribution in [2.24, 2.45) is 0 Å². The number of carbonyl (C=O) groups excluding carboxylic acids is 1. The number of para-hydroxylation sites is 1. The van der Waals surface area contributed by atoms with Gasteiger partial charge in [0.2, 0.25) is 0 Å². The molecule has 0 fully saturated rings. The summed E-state index contributed by atoms with van der Waals surface area (Å²) in [5.41, 5.74) is 0. The Labute approximate surface area is 101 Å². The molecule has 0 aliphatic carbocycles. The van der Waals surface area contributed by atoms with Crippen LogP contribution in [0, 0.1) is 0 Å². The summed E-state index contributed by atoms with van der Waals surface area (Å²) < 4.78 is 5.62. The SMILES string of the molecule is CN(CC(=O)O)C(=O)Oc1ccccc1Br. The maximum Gasteiger partial charge on any atom is 0.415 e. The van der Waals surface area contributed by atoms with Crippen molar-refractivity contribution in [2.45, 2.75) is 0 Å². The van der Waals surface area contributed by atoms with Gasteiger partial charge in [0.15, 0.2) is 0 Å². The first-order valence-corrected chi connectivity index (χ1v) is 5.19. The Balaban J connectivity index is 2.64. The van der Waals surface area contributed by atoms with Gasteiger partial charge in [-0.05, 0) is 28.1 Å². The van der Waals surface area contributed by atoms with E-state index >= 15 is 0 Å². The third-order valence-corrected chi connectivity index (χ3v) is 2.37. The molecule has 1 aromatic carbocycles. The molecule has 6 heteroatoms. The van der Waals surface area contributed by atoms with Crippen LogP contribution in [0.1, 0.15) is 0 Å². The molecule has 0 radical (unpaired) electrons. The lowest BCUT2D eigenvalue weighted by molar-refractivity contribution is -0.137. The Morgan fingerprint density at radius 1 is 1.44 bits per heavy atom. The Hall–Kier alpha value is -1.56. The highest BCUT2D eigenvalue weighted by Crippen LogP contribution is 2.24. The Bertz CT molecular complexity index is 408. The number of likely N-dealkylation sites (N-methyl/N-ethyl adjacent to an activating group) is 1. The summed E-state index contributed by atoms with van der Waals surface area (Å²) in [7, 11) is 1.35. The van der Waals surface area contributed by atoms with E-state index in [4.69, 9.17) is 9.84 Å². The molecule has 1 N–H and O–H groups in total. The Kier molecular flexibility index (Phi) is 4.30. The molecule has 0 saturated heterocycles. The fourth-order valence-electron chi connectivity index (χ4n) is 0.967. The van der Waals surface area contributed by atoms with Crippen LogP contribution in [0.5, 0.6) is 5.75 Å². The Morgan fingerprint density at radius 2 is 2.06 bits per heavy atom. The first kappa shape index (κ1) is 12.5. The van der Waals surface area contributed by atoms with Gasteiger partial charge in [0.25, 0.3) is 0 Å². The number of ether oxygens (including phenoxy) is 1. The standard InChI is InChI=1S/C10H10BrNO4/c1-12(6-9(13)14)10(15)16-8-5-3-2-4-7(8)11/h2-5H,6H2,1H3,(H,13,14). The molecular weight excluding hydrogens is 278 g/mol. The number of hydrogen-bond acceptors (Lipinski definition) is 3. The molecule has 0 bridgehead atoms. The minimum absolute atomic E-state index is 0.352. The third-order valence-electron chi connectivity index (χ3n) is 1.72. The van der Waals surface area contributed by atoms with E-state index in [1.54, 1.807) is 24.3 Å². The van der Waals surface area contributed by atoms with Crippen molar-refractivity contribution < 1.29 is 19.4 Å². The van der Waals surface area contributed by atoms with Gasteiger partial charge in [-0.2, -0.15) is 0 Å². The van der Waals surface area contributed by atoms with Crippen LogP contribution in [0.25, 0.3) is 0 Å². The molecule has 0 saturated carbocycles. The van der Waals surface area contributed by atoms with E-state index < -0.39 is 18.6 Å². The molecule has 0 unspecified atom stereocenters. The number of carboxylic acids is 1. The summed E-state index contributed by atoms with van der Waals surface area (Å²) in [4.78, 5) is 22.8. The fraction of sp³-hybridized carbons (Fsp3) is 0.200. The van der Waals surface area contributed by atoms with Gasteiger partial charge in [-0.3, -0.25) is 9.69 Å². The average Bonchev–Trinajstić information content (AvgIpc) is 2.20. The molecule has 1 amide bonds. The lowest BCUT2D eigenvalue weighted by Gasteiger charge is -2.14. The summed E-state index contributed by atoms with van der Waals surface area (Å²) in [6.45, 7) is -0.400. The zero-order valence-corrected chi connectivity index (χ0v) is 10.1. The van der Waals surface area contributed by atoms with E-state index in [1.807, 2.05) is 0 Å². The normalized spacial score (nSPS) is 9.62. The highest BCUT2D eigenvalue weighted by Gasteiger charge is 2.15. The smallest absolute Gasteiger partial charge is 0.415 e. The summed E-state index contributed by atoms with van der Waals surface area (Å²) in [6.07, 6.45) is -0.714. The quantitative estimate of drug-likeness (QED) is 0.923. The van der Waals surface area contributed by atoms with Crippen molar-refractivity contribution in [1.82, 2.24) is 4.90 Å². The van der Waals surface area contributed by atoms with Gasteiger partial charge < -0.3 is 9.84 Å². The molecule has 5 nitrogen and oxygen atoms in total. The van der Waals surface area contributed by atoms with E-state index in [0.717, 1.165) is 4.90 Å². The number of halogens is 1. The fourth-order valence-corrected chi connectivity index (χ4v) is 1.33. The molecule has 1 aromatic rings. The van der Waals surface area contributed by atoms with Gasteiger partial charge in [-0.1, -0.05) is 12.1 Å². The Morgan fingerprint density at radius 3 is 2.62 bits per heavy atom. The second kappa shape index (κ2) is 5.50. The van der Waals surface area contributed by atoms with Gasteiger partial charge in [0.1, 0.15) is 12.3 Å². The van der Waals surface area contributed by atoms with Crippen LogP contribution in [0.2, 0.25) is 0 Å². The number of carbonyl (C=O) groups is 2. The van der Waals surface area contributed by atoms with Crippen LogP contribution in [0.15, 0.2) is 28.7 Å². The molecule has 16 heavy (non-hydrogen) atoms. The number of nitrogens with zero attached hydrogens (tertiary/aromatic N) is 1. The zero-order chi connectivity index (χ0) is 12.1. The van der Waals surface area contributed by atoms with Gasteiger partial charge in [0, 0.05) is 7.05 Å². The first-order valence-electron chi connectivity index (χ1n) is 4.40. The van der Waals surface area contributed by atoms with Crippen molar-refractivity contribution >= 4 is 28.0 Å². The number of amides is 1. The van der Waals surface area contributed by atoms with E-state index in [9.17, 15) is 9.59 Å². The predicted molar refractivity (Wildman–Crippen MR) is 60.4 cm³/mol. The minimum Gasteiger partial charge on any atom is -0.480 e. The van der Waals surface area contributed by atoms with Gasteiger partial charge in [-0.15, -0.1) is 0 Å². The third kappa shape index (κ3) is 3.54. The van der Waals surface area contributed by atoms with Crippen LogP contribution in [-0.4, -0.2) is 35.7 Å². The molecule has 0 aromatic heterocycles. The summed E-state index contributed by atoms with van der Waals surface area (Å²) in [5.74, 6) is -0.740. The highest BCUT2D eigenvalue weighted by atomic mass is 79.9. The monoisotopic (exact) mass is 287 g/mol. The lowest BCUT2D eigenvalue weighted by atomic mass is 10.3. The van der Waals surface area contributed by atoms with Crippen molar-refractivity contribution in [3.05, 3.63) is 28.7 Å². The van der Waals surface area contributed by atoms with E-state index in [0.29, 0.717) is 10.2 Å². The molecule has 0 atom stereocenters. The van der Waals surface area contributed by atoms with Crippen LogP contribution in [0.4, 0.5) is 4.79 Å². The maximum atomic E-state index is 11.4. The zero-order valence-electron chi connectivity index (χ0n) is 8.51. The van der Waals surface area contributed by atoms with Crippen LogP contribution < -0.4 is 4.74 Å². The minimum atomic E-state index is -1.09. The van der Waals surface area contributed by atoms with E-state index in [-0.39, 0.29) is 0 Å². The lowest BCUT2D eigenvalue weighted by Crippen LogP contribution is -2.34. The summed E-state index contributed by atoms with van der Waals surface area (Å²) in [5, 5.41) is 8.49. The van der Waals surface area contributed by atoms with Crippen molar-refractivity contribution in [2.75, 3.05) is 13.6 Å². The molecular formula is C10H10BrNO4. The van der Waals surface area contributed by atoms with E-state index in [1.165, 1.54) is 7.05 Å². The number of benzene rings is 1. The molecule has 0 spiro atoms. The molecule has 0 aliphatic rings. The predicted octanol–water partition coefficient (Wildman–Crippen LogP) is 1.96. The van der Waals surface area contributed by atoms with Crippen LogP contribution >= 0.6 is 15.9 Å². The second-order valence-corrected chi connectivity index (χ2v) is 3.90. The largest absolute Gasteiger partial charge is 0.480 e. The number of aliphatic carboxylic acids is 1. The first-order chi connectivity index (χ1) is 7.50. The topological polar surface area (TPSA) is 66.8 Å². The van der Waals surface area contributed by atoms with Gasteiger partial charge >= 0.3 is 12.1 Å².